The molecule has 290 valence electrons. The summed E-state index contributed by atoms with van der Waals surface area (Å²) in [4.78, 5) is 24.3. The van der Waals surface area contributed by atoms with Crippen LogP contribution in [-0.4, -0.2) is 36.4 Å². The maximum absolute atomic E-state index is 12.2. The van der Waals surface area contributed by atoms with Crippen LogP contribution in [0.4, 0.5) is 0 Å². The normalized spacial score (nSPS) is 12.6. The molecule has 0 aliphatic carbocycles. The fourth-order valence-corrected chi connectivity index (χ4v) is 5.85. The molecule has 0 saturated carbocycles. The van der Waals surface area contributed by atoms with Gasteiger partial charge in [-0.05, 0) is 77.0 Å². The van der Waals surface area contributed by atoms with Gasteiger partial charge in [0.05, 0.1) is 6.61 Å². The third-order valence-corrected chi connectivity index (χ3v) is 9.10. The average Bonchev–Trinajstić information content (AvgIpc) is 3.12. The molecule has 0 aromatic heterocycles. The van der Waals surface area contributed by atoms with Gasteiger partial charge in [-0.25, -0.2) is 0 Å². The molecule has 0 rings (SSSR count). The Balaban J connectivity index is 3.57. The lowest BCUT2D eigenvalue weighted by Gasteiger charge is -2.15. The van der Waals surface area contributed by atoms with Crippen molar-refractivity contribution in [2.75, 3.05) is 13.2 Å². The number of hydrogen-bond acceptors (Lipinski definition) is 5. The van der Waals surface area contributed by atoms with Gasteiger partial charge in [-0.15, -0.1) is 0 Å². The first-order valence-electron chi connectivity index (χ1n) is 21.2. The van der Waals surface area contributed by atoms with E-state index in [4.69, 9.17) is 9.47 Å². The van der Waals surface area contributed by atoms with E-state index < -0.39 is 6.10 Å². The molecule has 5 heteroatoms. The maximum atomic E-state index is 12.2. The highest BCUT2D eigenvalue weighted by Gasteiger charge is 2.16. The molecule has 0 fully saturated rings. The van der Waals surface area contributed by atoms with Crippen molar-refractivity contribution in [2.24, 2.45) is 0 Å². The van der Waals surface area contributed by atoms with Gasteiger partial charge in [0.1, 0.15) is 6.61 Å². The number of esters is 2. The van der Waals surface area contributed by atoms with Crippen LogP contribution in [0.2, 0.25) is 0 Å². The summed E-state index contributed by atoms with van der Waals surface area (Å²) < 4.78 is 10.6. The number of unbranched alkanes of at least 4 members (excludes halogenated alkanes) is 22. The highest BCUT2D eigenvalue weighted by Crippen LogP contribution is 2.14. The summed E-state index contributed by atoms with van der Waals surface area (Å²) in [5.74, 6) is -0.634. The Morgan fingerprint density at radius 2 is 0.800 bits per heavy atom. The minimum Gasteiger partial charge on any atom is -0.462 e. The zero-order valence-electron chi connectivity index (χ0n) is 32.9. The molecule has 50 heavy (non-hydrogen) atoms. The van der Waals surface area contributed by atoms with Gasteiger partial charge < -0.3 is 14.6 Å². The predicted octanol–water partition coefficient (Wildman–Crippen LogP) is 13.4. The number of aliphatic hydroxyl groups is 1. The number of aliphatic hydroxyl groups excluding tert-OH is 1. The monoisotopic (exact) mass is 701 g/mol. The van der Waals surface area contributed by atoms with E-state index in [0.29, 0.717) is 12.8 Å². The van der Waals surface area contributed by atoms with Crippen LogP contribution < -0.4 is 0 Å². The molecule has 0 aliphatic heterocycles. The molecule has 1 unspecified atom stereocenters. The second kappa shape index (κ2) is 41.3. The molecular formula is C45H80O5. The van der Waals surface area contributed by atoms with Crippen molar-refractivity contribution in [3.05, 3.63) is 48.6 Å². The van der Waals surface area contributed by atoms with Crippen molar-refractivity contribution in [3.63, 3.8) is 0 Å². The Hall–Kier alpha value is -2.14. The van der Waals surface area contributed by atoms with Crippen LogP contribution in [0.15, 0.2) is 48.6 Å². The number of ether oxygens (including phenoxy) is 2. The Bertz CT molecular complexity index is 842. The second-order valence-corrected chi connectivity index (χ2v) is 14.1. The van der Waals surface area contributed by atoms with Crippen molar-refractivity contribution in [2.45, 2.75) is 213 Å². The fraction of sp³-hybridized carbons (Fsp3) is 0.778. The molecule has 5 nitrogen and oxygen atoms in total. The van der Waals surface area contributed by atoms with E-state index in [2.05, 4.69) is 62.5 Å². The van der Waals surface area contributed by atoms with Crippen molar-refractivity contribution < 1.29 is 24.2 Å². The summed E-state index contributed by atoms with van der Waals surface area (Å²) in [6.07, 6.45) is 51.8. The van der Waals surface area contributed by atoms with Gasteiger partial charge in [-0.3, -0.25) is 9.59 Å². The molecule has 1 N–H and O–H groups in total. The highest BCUT2D eigenvalue weighted by molar-refractivity contribution is 5.70. The van der Waals surface area contributed by atoms with Crippen LogP contribution >= 0.6 is 0 Å². The van der Waals surface area contributed by atoms with Gasteiger partial charge >= 0.3 is 11.9 Å². The standard InChI is InChI=1S/C45H80O5/c1-3-5-7-9-11-13-15-17-19-20-21-22-23-24-26-27-29-31-33-35-37-39-44(47)49-42-43(41-46)50-45(48)40-38-36-34-32-30-28-25-18-16-14-12-10-8-6-4-2/h12,14,17-19,25,30,32,43,46H,3-11,13,15-16,20-24,26-29,31,33-42H2,1-2H3. The lowest BCUT2D eigenvalue weighted by molar-refractivity contribution is -0.161. The van der Waals surface area contributed by atoms with Crippen molar-refractivity contribution in [1.82, 2.24) is 0 Å². The third kappa shape index (κ3) is 38.7. The zero-order valence-corrected chi connectivity index (χ0v) is 32.9. The van der Waals surface area contributed by atoms with Crippen molar-refractivity contribution in [3.8, 4) is 0 Å². The highest BCUT2D eigenvalue weighted by atomic mass is 16.6. The second-order valence-electron chi connectivity index (χ2n) is 14.1. The van der Waals surface area contributed by atoms with Crippen molar-refractivity contribution in [1.29, 1.82) is 0 Å². The van der Waals surface area contributed by atoms with E-state index in [1.165, 1.54) is 128 Å². The largest absolute Gasteiger partial charge is 0.462 e. The molecule has 1 atom stereocenters. The number of carbonyl (C=O) groups is 2. The average molecular weight is 701 g/mol. The van der Waals surface area contributed by atoms with Crippen LogP contribution in [0.25, 0.3) is 0 Å². The molecule has 0 aromatic carbocycles. The molecular weight excluding hydrogens is 620 g/mol. The van der Waals surface area contributed by atoms with Crippen LogP contribution in [-0.2, 0) is 19.1 Å². The lowest BCUT2D eigenvalue weighted by Crippen LogP contribution is -2.28. The molecule has 0 aromatic rings. The predicted molar refractivity (Wildman–Crippen MR) is 214 cm³/mol. The lowest BCUT2D eigenvalue weighted by atomic mass is 10.0. The molecule has 0 aliphatic rings. The first kappa shape index (κ1) is 47.9. The molecule has 0 radical (unpaired) electrons. The van der Waals surface area contributed by atoms with Gasteiger partial charge in [0.25, 0.3) is 0 Å². The maximum Gasteiger partial charge on any atom is 0.306 e. The van der Waals surface area contributed by atoms with E-state index in [1.54, 1.807) is 0 Å². The molecule has 0 heterocycles. The first-order valence-corrected chi connectivity index (χ1v) is 21.2. The summed E-state index contributed by atoms with van der Waals surface area (Å²) in [6, 6.07) is 0. The van der Waals surface area contributed by atoms with Crippen LogP contribution in [0.5, 0.6) is 0 Å². The van der Waals surface area contributed by atoms with E-state index in [1.807, 2.05) is 0 Å². The molecule has 0 saturated heterocycles. The Morgan fingerprint density at radius 3 is 1.30 bits per heavy atom. The van der Waals surface area contributed by atoms with E-state index >= 15 is 0 Å². The Morgan fingerprint density at radius 1 is 0.460 bits per heavy atom. The minimum absolute atomic E-state index is 0.0814. The van der Waals surface area contributed by atoms with E-state index in [0.717, 1.165) is 51.4 Å². The van der Waals surface area contributed by atoms with Gasteiger partial charge in [0, 0.05) is 12.8 Å². The fourth-order valence-electron chi connectivity index (χ4n) is 5.85. The minimum atomic E-state index is -0.791. The van der Waals surface area contributed by atoms with Crippen LogP contribution in [0, 0.1) is 0 Å². The Labute approximate surface area is 309 Å². The summed E-state index contributed by atoms with van der Waals surface area (Å²) in [6.45, 7) is 4.08. The molecule has 0 amide bonds. The van der Waals surface area contributed by atoms with E-state index in [-0.39, 0.29) is 25.2 Å². The summed E-state index contributed by atoms with van der Waals surface area (Å²) >= 11 is 0. The Kier molecular flexibility index (Phi) is 39.5. The van der Waals surface area contributed by atoms with Crippen LogP contribution in [0.3, 0.4) is 0 Å². The van der Waals surface area contributed by atoms with E-state index in [9.17, 15) is 14.7 Å². The topological polar surface area (TPSA) is 72.8 Å². The summed E-state index contributed by atoms with van der Waals surface area (Å²) in [5.41, 5.74) is 0. The number of allylic oxidation sites excluding steroid dienone is 8. The number of rotatable bonds is 38. The number of carbonyl (C=O) groups excluding carboxylic acids is 2. The van der Waals surface area contributed by atoms with Crippen molar-refractivity contribution >= 4 is 11.9 Å². The summed E-state index contributed by atoms with van der Waals surface area (Å²) in [5, 5.41) is 9.56. The third-order valence-electron chi connectivity index (χ3n) is 9.10. The van der Waals surface area contributed by atoms with Gasteiger partial charge in [-0.1, -0.05) is 165 Å². The first-order chi connectivity index (χ1) is 24.6. The quantitative estimate of drug-likeness (QED) is 0.0394. The van der Waals surface area contributed by atoms with Crippen LogP contribution in [0.1, 0.15) is 206 Å². The van der Waals surface area contributed by atoms with Gasteiger partial charge in [0.15, 0.2) is 6.10 Å². The summed E-state index contributed by atoms with van der Waals surface area (Å²) in [7, 11) is 0. The van der Waals surface area contributed by atoms with Gasteiger partial charge in [0.2, 0.25) is 0 Å². The zero-order chi connectivity index (χ0) is 36.4. The van der Waals surface area contributed by atoms with Gasteiger partial charge in [-0.2, -0.15) is 0 Å². The SMILES string of the molecule is CCCCCC=CCC=CCC=CCCCCC(=O)OC(CO)COC(=O)CCCCCCCCCCCCCC=CCCCCCCCC. The smallest absolute Gasteiger partial charge is 0.306 e. The molecule has 0 bridgehead atoms. The molecule has 0 spiro atoms. The number of hydrogen-bond donors (Lipinski definition) is 1.